The molecule has 4 atom stereocenters. The van der Waals surface area contributed by atoms with E-state index in [9.17, 15) is 15.3 Å². The van der Waals surface area contributed by atoms with Crippen molar-refractivity contribution in [1.82, 2.24) is 4.90 Å². The van der Waals surface area contributed by atoms with Crippen molar-refractivity contribution in [3.8, 4) is 0 Å². The van der Waals surface area contributed by atoms with Gasteiger partial charge in [-0.3, -0.25) is 4.90 Å². The summed E-state index contributed by atoms with van der Waals surface area (Å²) in [4.78, 5) is 2.58. The summed E-state index contributed by atoms with van der Waals surface area (Å²) in [5, 5.41) is 29.8. The molecule has 0 aromatic rings. The Morgan fingerprint density at radius 2 is 0.741 bits per heavy atom. The Morgan fingerprint density at radius 3 is 1.07 bits per heavy atom. The third-order valence-corrected chi connectivity index (χ3v) is 11.1. The maximum Gasteiger partial charge on any atom is 0.0695 e. The van der Waals surface area contributed by atoms with Crippen LogP contribution < -0.4 is 0 Å². The number of aliphatic hydroxyl groups excluding tert-OH is 3. The smallest absolute Gasteiger partial charge is 0.0695 e. The number of nitrogens with zero attached hydrogens (tertiary/aromatic N) is 1. The monoisotopic (exact) mass is 1110 g/mol. The van der Waals surface area contributed by atoms with E-state index in [2.05, 4.69) is 46.4 Å². The van der Waals surface area contributed by atoms with Crippen molar-refractivity contribution in [2.75, 3.05) is 13.1 Å². The molecule has 1 fully saturated rings. The van der Waals surface area contributed by atoms with Crippen molar-refractivity contribution in [2.45, 2.75) is 283 Å². The van der Waals surface area contributed by atoms with Crippen LogP contribution in [0.15, 0.2) is 0 Å². The van der Waals surface area contributed by atoms with Gasteiger partial charge < -0.3 is 29.2 Å². The van der Waals surface area contributed by atoms with Crippen LogP contribution in [0.4, 0.5) is 0 Å². The van der Waals surface area contributed by atoms with Crippen LogP contribution in [-0.2, 0) is 42.1 Å². The molecule has 0 saturated heterocycles. The van der Waals surface area contributed by atoms with Gasteiger partial charge in [0.1, 0.15) is 0 Å². The molecule has 0 amide bonds. The quantitative estimate of drug-likeness (QED) is 0.0437. The molecule has 4 nitrogen and oxygen atoms in total. The predicted octanol–water partition coefficient (Wildman–Crippen LogP) is 14.5. The van der Waals surface area contributed by atoms with Crippen LogP contribution in [0.3, 0.4) is 0 Å². The second-order valence-electron chi connectivity index (χ2n) is 16.4. The van der Waals surface area contributed by atoms with Crippen molar-refractivity contribution in [1.29, 1.82) is 0 Å². The van der Waals surface area contributed by atoms with Gasteiger partial charge in [0.05, 0.1) is 18.3 Å². The van der Waals surface area contributed by atoms with E-state index in [0.29, 0.717) is 6.04 Å². The van der Waals surface area contributed by atoms with Gasteiger partial charge in [-0.2, -0.15) is 12.8 Å². The molecule has 1 saturated carbocycles. The van der Waals surface area contributed by atoms with Crippen molar-refractivity contribution >= 4 is 0 Å². The molecule has 0 radical (unpaired) electrons. The van der Waals surface area contributed by atoms with E-state index < -0.39 is 0 Å². The average Bonchev–Trinajstić information content (AvgIpc) is 3.15. The van der Waals surface area contributed by atoms with E-state index in [1.165, 1.54) is 186 Å². The van der Waals surface area contributed by atoms with E-state index in [-0.39, 0.29) is 60.4 Å². The zero-order valence-corrected chi connectivity index (χ0v) is 43.1. The van der Waals surface area contributed by atoms with Gasteiger partial charge in [-0.05, 0) is 64.5 Å². The van der Waals surface area contributed by atoms with Gasteiger partial charge in [0, 0.05) is 48.2 Å². The molecular weight excluding hydrogens is 1010 g/mol. The first-order valence-corrected chi connectivity index (χ1v) is 23.8. The van der Waals surface area contributed by atoms with Gasteiger partial charge in [0.15, 0.2) is 0 Å². The second kappa shape index (κ2) is 52.2. The summed E-state index contributed by atoms with van der Waals surface area (Å²) in [6, 6.07) is 0.420. The fraction of sp³-hybridized carbons (Fsp3) is 0.958. The SMILES string of the molecule is CCCCCCCCC(O)CCCCCC.CCCCCCCCC(O)CCCCCC.[CH2-]CCCCCN(CCCCC[CH2-])C1CCCCC1O.[W].[W]. The number of aliphatic hydroxyl groups is 3. The molecular formula is C48H99NO3W2-2. The number of rotatable bonds is 35. The van der Waals surface area contributed by atoms with Crippen LogP contribution >= 0.6 is 0 Å². The normalized spacial score (nSPS) is 16.3. The Kier molecular flexibility index (Phi) is 59.9. The molecule has 0 spiro atoms. The topological polar surface area (TPSA) is 63.9 Å². The van der Waals surface area contributed by atoms with E-state index >= 15 is 0 Å². The first kappa shape index (κ1) is 61.9. The van der Waals surface area contributed by atoms with Gasteiger partial charge in [0.2, 0.25) is 0 Å². The Labute approximate surface area is 370 Å². The van der Waals surface area contributed by atoms with Gasteiger partial charge >= 0.3 is 0 Å². The number of hydrogen-bond donors (Lipinski definition) is 3. The molecule has 54 heavy (non-hydrogen) atoms. The Bertz CT molecular complexity index is 601. The summed E-state index contributed by atoms with van der Waals surface area (Å²) in [7, 11) is 0. The van der Waals surface area contributed by atoms with E-state index in [1.807, 2.05) is 0 Å². The number of hydrogen-bond acceptors (Lipinski definition) is 4. The standard InChI is InChI=1S/C18H35NO.2C15H32O.2W/c1-3-5-7-11-15-19(16-12-8-6-4-2)17-13-9-10-14-18(17)20;2*1-3-5-7-9-10-12-14-15(16)13-11-8-6-4-2;;/h17-18,20H,1-16H2;2*15-16H,3-14H2,1-2H3;;/q-2;;;;. The van der Waals surface area contributed by atoms with Gasteiger partial charge in [-0.1, -0.05) is 195 Å². The zero-order valence-electron chi connectivity index (χ0n) is 37.2. The Morgan fingerprint density at radius 1 is 0.444 bits per heavy atom. The third kappa shape index (κ3) is 45.9. The fourth-order valence-electron chi connectivity index (χ4n) is 7.52. The molecule has 1 rings (SSSR count). The largest absolute Gasteiger partial charge is 0.393 e. The van der Waals surface area contributed by atoms with Crippen LogP contribution in [0.1, 0.15) is 259 Å². The van der Waals surface area contributed by atoms with E-state index in [1.54, 1.807) is 0 Å². The zero-order chi connectivity index (χ0) is 38.8. The summed E-state index contributed by atoms with van der Waals surface area (Å²) < 4.78 is 0. The molecule has 0 aromatic heterocycles. The molecule has 6 heteroatoms. The van der Waals surface area contributed by atoms with Gasteiger partial charge in [-0.25, -0.2) is 0 Å². The molecule has 1 aliphatic rings. The van der Waals surface area contributed by atoms with Crippen LogP contribution in [-0.4, -0.2) is 57.7 Å². The maximum absolute atomic E-state index is 10.3. The first-order valence-electron chi connectivity index (χ1n) is 23.8. The molecule has 1 aliphatic carbocycles. The van der Waals surface area contributed by atoms with Crippen molar-refractivity contribution in [3.63, 3.8) is 0 Å². The van der Waals surface area contributed by atoms with Crippen LogP contribution in [0.5, 0.6) is 0 Å². The fourth-order valence-corrected chi connectivity index (χ4v) is 7.52. The molecule has 0 heterocycles. The maximum atomic E-state index is 10.3. The summed E-state index contributed by atoms with van der Waals surface area (Å²) in [5.41, 5.74) is 0. The Balaban J connectivity index is -0.000000344. The van der Waals surface area contributed by atoms with Gasteiger partial charge in [-0.15, -0.1) is 0 Å². The van der Waals surface area contributed by atoms with Gasteiger partial charge in [0.25, 0.3) is 0 Å². The minimum Gasteiger partial charge on any atom is -0.393 e. The minimum absolute atomic E-state index is 0. The molecule has 4 unspecified atom stereocenters. The summed E-state index contributed by atoms with van der Waals surface area (Å²) in [5.74, 6) is 0. The molecule has 0 aliphatic heterocycles. The van der Waals surface area contributed by atoms with Crippen molar-refractivity contribution in [3.05, 3.63) is 13.8 Å². The molecule has 0 bridgehead atoms. The van der Waals surface area contributed by atoms with E-state index in [0.717, 1.165) is 58.0 Å². The molecule has 3 N–H and O–H groups in total. The van der Waals surface area contributed by atoms with Crippen molar-refractivity contribution < 1.29 is 57.5 Å². The predicted molar refractivity (Wildman–Crippen MR) is 233 cm³/mol. The second-order valence-corrected chi connectivity index (χ2v) is 16.4. The van der Waals surface area contributed by atoms with Crippen molar-refractivity contribution in [2.24, 2.45) is 0 Å². The average molecular weight is 1110 g/mol. The minimum atomic E-state index is -0.0931. The van der Waals surface area contributed by atoms with Crippen LogP contribution in [0.2, 0.25) is 0 Å². The van der Waals surface area contributed by atoms with E-state index in [4.69, 9.17) is 0 Å². The van der Waals surface area contributed by atoms with Crippen LogP contribution in [0.25, 0.3) is 0 Å². The summed E-state index contributed by atoms with van der Waals surface area (Å²) in [6.07, 6.45) is 44.4. The summed E-state index contributed by atoms with van der Waals surface area (Å²) in [6.45, 7) is 19.1. The molecule has 0 aromatic carbocycles. The number of unbranched alkanes of at least 4 members (excludes halogenated alkanes) is 22. The first-order chi connectivity index (χ1) is 25.4. The third-order valence-electron chi connectivity index (χ3n) is 11.1. The van der Waals surface area contributed by atoms with Crippen LogP contribution in [0, 0.1) is 13.8 Å². The molecule has 328 valence electrons. The summed E-state index contributed by atoms with van der Waals surface area (Å²) >= 11 is 0. The Hall–Kier alpha value is 1.22.